The Bertz CT molecular complexity index is 706. The third kappa shape index (κ3) is 6.33. The summed E-state index contributed by atoms with van der Waals surface area (Å²) in [5.74, 6) is 1.72. The Balaban J connectivity index is 0.00000338. The number of aliphatic imine (C=N–C) groups is 1. The van der Waals surface area contributed by atoms with Gasteiger partial charge in [0, 0.05) is 6.54 Å². The molecule has 1 unspecified atom stereocenters. The highest BCUT2D eigenvalue weighted by molar-refractivity contribution is 14.0. The number of aliphatic hydroxyl groups is 1. The summed E-state index contributed by atoms with van der Waals surface area (Å²) < 4.78 is 10.5. The molecule has 144 valence electrons. The van der Waals surface area contributed by atoms with Crippen LogP contribution in [0.4, 0.5) is 0 Å². The van der Waals surface area contributed by atoms with E-state index < -0.39 is 5.60 Å². The summed E-state index contributed by atoms with van der Waals surface area (Å²) >= 11 is 1.54. The van der Waals surface area contributed by atoms with E-state index in [1.807, 2.05) is 35.0 Å². The van der Waals surface area contributed by atoms with Crippen LogP contribution in [0.2, 0.25) is 0 Å². The highest BCUT2D eigenvalue weighted by Gasteiger charge is 2.23. The lowest BCUT2D eigenvalue weighted by Gasteiger charge is -2.20. The molecule has 2 rings (SSSR count). The Morgan fingerprint density at radius 1 is 1.27 bits per heavy atom. The smallest absolute Gasteiger partial charge is 0.188 e. The van der Waals surface area contributed by atoms with Gasteiger partial charge in [-0.1, -0.05) is 6.07 Å². The summed E-state index contributed by atoms with van der Waals surface area (Å²) in [4.78, 5) is 4.24. The number of nitrogens with zero attached hydrogens (tertiary/aromatic N) is 1. The molecule has 0 bridgehead atoms. The zero-order valence-electron chi connectivity index (χ0n) is 15.2. The third-order valence-corrected chi connectivity index (χ3v) is 4.55. The van der Waals surface area contributed by atoms with E-state index in [-0.39, 0.29) is 30.5 Å². The van der Waals surface area contributed by atoms with Crippen LogP contribution in [0.3, 0.4) is 0 Å². The SMILES string of the molecule is COc1ccc(CCNC(N)=NCC(C)(O)c2ccsc2)cc1OC.I. The minimum absolute atomic E-state index is 0. The summed E-state index contributed by atoms with van der Waals surface area (Å²) in [5, 5.41) is 17.3. The number of nitrogens with two attached hydrogens (primary N) is 1. The largest absolute Gasteiger partial charge is 0.493 e. The maximum absolute atomic E-state index is 10.4. The summed E-state index contributed by atoms with van der Waals surface area (Å²) in [5.41, 5.74) is 6.81. The fourth-order valence-electron chi connectivity index (χ4n) is 2.33. The molecular weight excluding hydrogens is 465 g/mol. The molecule has 0 saturated heterocycles. The van der Waals surface area contributed by atoms with E-state index in [9.17, 15) is 5.11 Å². The molecule has 0 radical (unpaired) electrons. The molecule has 0 spiro atoms. The van der Waals surface area contributed by atoms with Gasteiger partial charge in [-0.3, -0.25) is 4.99 Å². The number of ether oxygens (including phenoxy) is 2. The fraction of sp³-hybridized carbons (Fsp3) is 0.389. The maximum atomic E-state index is 10.4. The van der Waals surface area contributed by atoms with Gasteiger partial charge >= 0.3 is 0 Å². The van der Waals surface area contributed by atoms with E-state index >= 15 is 0 Å². The molecule has 1 heterocycles. The second-order valence-corrected chi connectivity index (χ2v) is 6.63. The van der Waals surface area contributed by atoms with Crippen molar-refractivity contribution in [3.8, 4) is 11.5 Å². The molecule has 0 aliphatic rings. The average Bonchev–Trinajstić information content (AvgIpc) is 3.15. The molecular formula is C18H26IN3O3S. The normalized spacial score (nSPS) is 13.5. The highest BCUT2D eigenvalue weighted by atomic mass is 127. The van der Waals surface area contributed by atoms with E-state index in [1.165, 1.54) is 0 Å². The Morgan fingerprint density at radius 2 is 2.00 bits per heavy atom. The zero-order valence-corrected chi connectivity index (χ0v) is 18.3. The number of guanidine groups is 1. The van der Waals surface area contributed by atoms with Crippen molar-refractivity contribution in [2.45, 2.75) is 18.9 Å². The third-order valence-electron chi connectivity index (χ3n) is 3.87. The average molecular weight is 491 g/mol. The fourth-order valence-corrected chi connectivity index (χ4v) is 3.11. The first-order valence-corrected chi connectivity index (χ1v) is 8.90. The number of nitrogens with one attached hydrogen (secondary N) is 1. The van der Waals surface area contributed by atoms with Crippen molar-refractivity contribution in [1.29, 1.82) is 0 Å². The lowest BCUT2D eigenvalue weighted by molar-refractivity contribution is 0.0678. The van der Waals surface area contributed by atoms with Crippen molar-refractivity contribution in [3.05, 3.63) is 46.2 Å². The minimum Gasteiger partial charge on any atom is -0.493 e. The number of halogens is 1. The van der Waals surface area contributed by atoms with E-state index in [4.69, 9.17) is 15.2 Å². The van der Waals surface area contributed by atoms with Crippen LogP contribution < -0.4 is 20.5 Å². The maximum Gasteiger partial charge on any atom is 0.188 e. The van der Waals surface area contributed by atoms with E-state index in [0.717, 1.165) is 17.5 Å². The molecule has 0 fully saturated rings. The van der Waals surface area contributed by atoms with Crippen molar-refractivity contribution in [3.63, 3.8) is 0 Å². The molecule has 2 aromatic rings. The number of rotatable bonds is 8. The first-order valence-electron chi connectivity index (χ1n) is 7.96. The first-order chi connectivity index (χ1) is 12.0. The Kier molecular flexibility index (Phi) is 9.17. The highest BCUT2D eigenvalue weighted by Crippen LogP contribution is 2.27. The lowest BCUT2D eigenvalue weighted by atomic mass is 10.00. The number of hydrogen-bond acceptors (Lipinski definition) is 5. The van der Waals surface area contributed by atoms with Gasteiger partial charge in [0.1, 0.15) is 5.60 Å². The standard InChI is InChI=1S/C18H25N3O3S.HI/c1-18(22,14-7-9-25-11-14)12-21-17(19)20-8-6-13-4-5-15(23-2)16(10-13)24-3;/h4-5,7,9-11,22H,6,8,12H2,1-3H3,(H3,19,20,21);1H. The van der Waals surface area contributed by atoms with E-state index in [0.29, 0.717) is 24.0 Å². The van der Waals surface area contributed by atoms with E-state index in [2.05, 4.69) is 10.3 Å². The summed E-state index contributed by atoms with van der Waals surface area (Å²) in [6, 6.07) is 7.69. The van der Waals surface area contributed by atoms with Gasteiger partial charge < -0.3 is 25.6 Å². The summed E-state index contributed by atoms with van der Waals surface area (Å²) in [7, 11) is 3.23. The molecule has 0 aliphatic carbocycles. The molecule has 8 heteroatoms. The lowest BCUT2D eigenvalue weighted by Crippen LogP contribution is -2.35. The van der Waals surface area contributed by atoms with Gasteiger partial charge in [-0.05, 0) is 53.4 Å². The quantitative estimate of drug-likeness (QED) is 0.300. The van der Waals surface area contributed by atoms with Gasteiger partial charge in [-0.25, -0.2) is 0 Å². The van der Waals surface area contributed by atoms with Crippen molar-refractivity contribution < 1.29 is 14.6 Å². The van der Waals surface area contributed by atoms with Crippen molar-refractivity contribution >= 4 is 41.3 Å². The monoisotopic (exact) mass is 491 g/mol. The van der Waals surface area contributed by atoms with Gasteiger partial charge in [0.2, 0.25) is 0 Å². The molecule has 1 aromatic carbocycles. The number of benzene rings is 1. The van der Waals surface area contributed by atoms with Crippen LogP contribution in [-0.4, -0.2) is 38.4 Å². The van der Waals surface area contributed by atoms with Crippen LogP contribution >= 0.6 is 35.3 Å². The second kappa shape index (κ2) is 10.6. The van der Waals surface area contributed by atoms with Crippen molar-refractivity contribution in [2.75, 3.05) is 27.3 Å². The van der Waals surface area contributed by atoms with Gasteiger partial charge in [0.05, 0.1) is 20.8 Å². The van der Waals surface area contributed by atoms with Gasteiger partial charge in [-0.15, -0.1) is 24.0 Å². The van der Waals surface area contributed by atoms with Crippen LogP contribution in [0.15, 0.2) is 40.0 Å². The molecule has 6 nitrogen and oxygen atoms in total. The molecule has 4 N–H and O–H groups in total. The predicted octanol–water partition coefficient (Wildman–Crippen LogP) is 2.74. The van der Waals surface area contributed by atoms with Gasteiger partial charge in [-0.2, -0.15) is 11.3 Å². The first kappa shape index (κ1) is 22.5. The second-order valence-electron chi connectivity index (χ2n) is 5.85. The topological polar surface area (TPSA) is 89.1 Å². The molecule has 1 aromatic heterocycles. The minimum atomic E-state index is -1.02. The molecule has 26 heavy (non-hydrogen) atoms. The summed E-state index contributed by atoms with van der Waals surface area (Å²) in [6.45, 7) is 2.57. The van der Waals surface area contributed by atoms with Crippen molar-refractivity contribution in [1.82, 2.24) is 5.32 Å². The molecule has 0 aliphatic heterocycles. The molecule has 0 amide bonds. The van der Waals surface area contributed by atoms with Gasteiger partial charge in [0.25, 0.3) is 0 Å². The predicted molar refractivity (Wildman–Crippen MR) is 117 cm³/mol. The summed E-state index contributed by atoms with van der Waals surface area (Å²) in [6.07, 6.45) is 0.761. The van der Waals surface area contributed by atoms with Crippen LogP contribution in [0.5, 0.6) is 11.5 Å². The number of hydrogen-bond donors (Lipinski definition) is 3. The van der Waals surface area contributed by atoms with Crippen LogP contribution in [0.25, 0.3) is 0 Å². The van der Waals surface area contributed by atoms with Crippen LogP contribution in [0.1, 0.15) is 18.1 Å². The molecule has 1 atom stereocenters. The van der Waals surface area contributed by atoms with Gasteiger partial charge in [0.15, 0.2) is 17.5 Å². The van der Waals surface area contributed by atoms with E-state index in [1.54, 1.807) is 32.5 Å². The number of thiophene rings is 1. The Hall–Kier alpha value is -1.52. The zero-order chi connectivity index (χ0) is 18.3. The Morgan fingerprint density at radius 3 is 2.62 bits per heavy atom. The van der Waals surface area contributed by atoms with Crippen LogP contribution in [0, 0.1) is 0 Å². The Labute approximate surface area is 175 Å². The number of methoxy groups -OCH3 is 2. The van der Waals surface area contributed by atoms with Crippen molar-refractivity contribution in [2.24, 2.45) is 10.7 Å². The molecule has 0 saturated carbocycles. The van der Waals surface area contributed by atoms with Crippen LogP contribution in [-0.2, 0) is 12.0 Å².